The van der Waals surface area contributed by atoms with Gasteiger partial charge in [-0.15, -0.1) is 0 Å². The predicted molar refractivity (Wildman–Crippen MR) is 57.9 cm³/mol. The van der Waals surface area contributed by atoms with Gasteiger partial charge >= 0.3 is 0 Å². The van der Waals surface area contributed by atoms with E-state index in [0.717, 1.165) is 6.54 Å². The molecule has 0 heterocycles. The lowest BCUT2D eigenvalue weighted by molar-refractivity contribution is -0.134. The molecular weight excluding hydrogens is 178 g/mol. The predicted octanol–water partition coefficient (Wildman–Crippen LogP) is 2.31. The third kappa shape index (κ3) is 6.89. The summed E-state index contributed by atoms with van der Waals surface area (Å²) >= 11 is 0. The molecule has 14 heavy (non-hydrogen) atoms. The van der Waals surface area contributed by atoms with Crippen molar-refractivity contribution >= 4 is 6.47 Å². The summed E-state index contributed by atoms with van der Waals surface area (Å²) in [7, 11) is 0. The Labute approximate surface area is 87.2 Å². The van der Waals surface area contributed by atoms with Gasteiger partial charge < -0.3 is 4.74 Å². The van der Waals surface area contributed by atoms with Gasteiger partial charge in [-0.25, -0.2) is 0 Å². The first-order valence-electron chi connectivity index (χ1n) is 5.57. The smallest absolute Gasteiger partial charge is 0.294 e. The van der Waals surface area contributed by atoms with Crippen molar-refractivity contribution in [1.29, 1.82) is 0 Å². The summed E-state index contributed by atoms with van der Waals surface area (Å²) < 4.78 is 4.75. The van der Waals surface area contributed by atoms with Crippen LogP contribution in [0.1, 0.15) is 46.5 Å². The van der Waals surface area contributed by atoms with Crippen LogP contribution >= 0.6 is 0 Å². The first kappa shape index (κ1) is 13.4. The molecule has 1 N–H and O–H groups in total. The molecule has 0 amide bonds. The molecule has 3 nitrogen and oxygen atoms in total. The van der Waals surface area contributed by atoms with E-state index < -0.39 is 0 Å². The molecule has 0 fully saturated rings. The monoisotopic (exact) mass is 201 g/mol. The SMILES string of the molecule is CCCCC(CC)CNC(C)OC=O. The second kappa shape index (κ2) is 9.00. The van der Waals surface area contributed by atoms with Gasteiger partial charge in [0, 0.05) is 6.54 Å². The van der Waals surface area contributed by atoms with Crippen molar-refractivity contribution in [2.45, 2.75) is 52.7 Å². The maximum atomic E-state index is 10.0. The van der Waals surface area contributed by atoms with Crippen molar-refractivity contribution in [3.63, 3.8) is 0 Å². The summed E-state index contributed by atoms with van der Waals surface area (Å²) in [4.78, 5) is 10.0. The first-order valence-corrected chi connectivity index (χ1v) is 5.57. The van der Waals surface area contributed by atoms with E-state index in [4.69, 9.17) is 4.74 Å². The van der Waals surface area contributed by atoms with Gasteiger partial charge in [-0.05, 0) is 19.3 Å². The Morgan fingerprint density at radius 3 is 2.64 bits per heavy atom. The summed E-state index contributed by atoms with van der Waals surface area (Å²) in [6, 6.07) is 0. The van der Waals surface area contributed by atoms with Crippen molar-refractivity contribution in [2.75, 3.05) is 6.54 Å². The lowest BCUT2D eigenvalue weighted by Gasteiger charge is -2.18. The molecule has 0 saturated carbocycles. The van der Waals surface area contributed by atoms with Crippen LogP contribution in [0.2, 0.25) is 0 Å². The molecule has 84 valence electrons. The lowest BCUT2D eigenvalue weighted by Crippen LogP contribution is -2.32. The molecule has 0 aromatic carbocycles. The van der Waals surface area contributed by atoms with Gasteiger partial charge in [-0.2, -0.15) is 0 Å². The number of hydrogen-bond donors (Lipinski definition) is 1. The number of unbranched alkanes of at least 4 members (excludes halogenated alkanes) is 1. The van der Waals surface area contributed by atoms with E-state index >= 15 is 0 Å². The summed E-state index contributed by atoms with van der Waals surface area (Å²) in [5, 5.41) is 3.19. The first-order chi connectivity index (χ1) is 6.74. The van der Waals surface area contributed by atoms with E-state index in [2.05, 4.69) is 19.2 Å². The Morgan fingerprint density at radius 1 is 1.43 bits per heavy atom. The Bertz CT molecular complexity index is 139. The minimum atomic E-state index is -0.164. The number of carbonyl (C=O) groups is 1. The normalized spacial score (nSPS) is 14.8. The minimum absolute atomic E-state index is 0.164. The number of hydrogen-bond acceptors (Lipinski definition) is 3. The maximum absolute atomic E-state index is 10.0. The third-order valence-electron chi connectivity index (χ3n) is 2.50. The molecule has 0 aromatic rings. The molecule has 0 saturated heterocycles. The quantitative estimate of drug-likeness (QED) is 0.459. The van der Waals surface area contributed by atoms with Gasteiger partial charge in [-0.3, -0.25) is 10.1 Å². The molecule has 0 aliphatic rings. The average molecular weight is 201 g/mol. The van der Waals surface area contributed by atoms with Crippen LogP contribution in [0.15, 0.2) is 0 Å². The molecule has 0 aliphatic carbocycles. The van der Waals surface area contributed by atoms with Crippen molar-refractivity contribution in [2.24, 2.45) is 5.92 Å². The van der Waals surface area contributed by atoms with Crippen molar-refractivity contribution in [3.8, 4) is 0 Å². The Kier molecular flexibility index (Phi) is 8.64. The topological polar surface area (TPSA) is 38.3 Å². The third-order valence-corrected chi connectivity index (χ3v) is 2.50. The largest absolute Gasteiger partial charge is 0.449 e. The van der Waals surface area contributed by atoms with Gasteiger partial charge in [0.15, 0.2) is 0 Å². The van der Waals surface area contributed by atoms with Crippen LogP contribution in [0, 0.1) is 5.92 Å². The lowest BCUT2D eigenvalue weighted by atomic mass is 9.99. The molecule has 0 spiro atoms. The zero-order valence-electron chi connectivity index (χ0n) is 9.58. The molecule has 0 aliphatic heterocycles. The highest BCUT2D eigenvalue weighted by Gasteiger charge is 2.07. The van der Waals surface area contributed by atoms with Crippen LogP contribution in [-0.4, -0.2) is 19.2 Å². The second-order valence-corrected chi connectivity index (χ2v) is 3.70. The van der Waals surface area contributed by atoms with E-state index in [1.54, 1.807) is 0 Å². The molecule has 0 radical (unpaired) electrons. The minimum Gasteiger partial charge on any atom is -0.449 e. The molecule has 2 atom stereocenters. The van der Waals surface area contributed by atoms with E-state index in [1.807, 2.05) is 6.92 Å². The van der Waals surface area contributed by atoms with Gasteiger partial charge in [0.05, 0.1) is 0 Å². The Morgan fingerprint density at radius 2 is 2.14 bits per heavy atom. The van der Waals surface area contributed by atoms with Crippen LogP contribution in [-0.2, 0) is 9.53 Å². The zero-order chi connectivity index (χ0) is 10.8. The second-order valence-electron chi connectivity index (χ2n) is 3.70. The molecule has 2 unspecified atom stereocenters. The number of ether oxygens (including phenoxy) is 1. The standard InChI is InChI=1S/C11H23NO2/c1-4-6-7-11(5-2)8-12-10(3)14-9-13/h9-12H,4-8H2,1-3H3. The summed E-state index contributed by atoms with van der Waals surface area (Å²) in [6.07, 6.45) is 4.80. The van der Waals surface area contributed by atoms with E-state index in [9.17, 15) is 4.79 Å². The van der Waals surface area contributed by atoms with Gasteiger partial charge in [0.25, 0.3) is 6.47 Å². The number of rotatable bonds is 9. The van der Waals surface area contributed by atoms with Crippen LogP contribution in [0.3, 0.4) is 0 Å². The van der Waals surface area contributed by atoms with Crippen LogP contribution < -0.4 is 5.32 Å². The summed E-state index contributed by atoms with van der Waals surface area (Å²) in [5.74, 6) is 0.702. The fourth-order valence-electron chi connectivity index (χ4n) is 1.41. The van der Waals surface area contributed by atoms with Crippen molar-refractivity contribution in [1.82, 2.24) is 5.32 Å². The molecule has 0 bridgehead atoms. The molecule has 0 aromatic heterocycles. The van der Waals surface area contributed by atoms with Crippen LogP contribution in [0.4, 0.5) is 0 Å². The van der Waals surface area contributed by atoms with Gasteiger partial charge in [-0.1, -0.05) is 33.1 Å². The Hall–Kier alpha value is -0.570. The highest BCUT2D eigenvalue weighted by Crippen LogP contribution is 2.11. The number of carbonyl (C=O) groups excluding carboxylic acids is 1. The maximum Gasteiger partial charge on any atom is 0.294 e. The highest BCUT2D eigenvalue weighted by atomic mass is 16.5. The zero-order valence-corrected chi connectivity index (χ0v) is 9.58. The molecule has 3 heteroatoms. The molecule has 0 rings (SSSR count). The van der Waals surface area contributed by atoms with Crippen molar-refractivity contribution in [3.05, 3.63) is 0 Å². The average Bonchev–Trinajstić information content (AvgIpc) is 2.19. The van der Waals surface area contributed by atoms with Crippen LogP contribution in [0.25, 0.3) is 0 Å². The van der Waals surface area contributed by atoms with Gasteiger partial charge in [0.1, 0.15) is 6.23 Å². The summed E-state index contributed by atoms with van der Waals surface area (Å²) in [5.41, 5.74) is 0. The molecular formula is C11H23NO2. The van der Waals surface area contributed by atoms with E-state index in [-0.39, 0.29) is 6.23 Å². The van der Waals surface area contributed by atoms with E-state index in [0.29, 0.717) is 12.4 Å². The highest BCUT2D eigenvalue weighted by molar-refractivity contribution is 5.37. The number of nitrogens with one attached hydrogen (secondary N) is 1. The summed E-state index contributed by atoms with van der Waals surface area (Å²) in [6.45, 7) is 7.68. The fourth-order valence-corrected chi connectivity index (χ4v) is 1.41. The fraction of sp³-hybridized carbons (Fsp3) is 0.909. The Balaban J connectivity index is 3.54. The van der Waals surface area contributed by atoms with Crippen LogP contribution in [0.5, 0.6) is 0 Å². The van der Waals surface area contributed by atoms with Gasteiger partial charge in [0.2, 0.25) is 0 Å². The van der Waals surface area contributed by atoms with Crippen molar-refractivity contribution < 1.29 is 9.53 Å². The van der Waals surface area contributed by atoms with E-state index in [1.165, 1.54) is 25.7 Å².